The molecule has 0 aromatic carbocycles. The molecule has 3 nitrogen and oxygen atoms in total. The Bertz CT molecular complexity index is 324. The maximum atomic E-state index is 11.5. The SMILES string of the molecule is O=c1n(CCCl)ccn1C1CC1. The number of rotatable bonds is 3. The van der Waals surface area contributed by atoms with E-state index in [1.165, 1.54) is 0 Å². The summed E-state index contributed by atoms with van der Waals surface area (Å²) in [6.07, 6.45) is 5.95. The van der Waals surface area contributed by atoms with Gasteiger partial charge in [-0.1, -0.05) is 0 Å². The Morgan fingerprint density at radius 3 is 2.83 bits per heavy atom. The van der Waals surface area contributed by atoms with E-state index in [-0.39, 0.29) is 5.69 Å². The van der Waals surface area contributed by atoms with Gasteiger partial charge in [-0.3, -0.25) is 9.13 Å². The van der Waals surface area contributed by atoms with Gasteiger partial charge in [-0.25, -0.2) is 4.79 Å². The summed E-state index contributed by atoms with van der Waals surface area (Å²) >= 11 is 5.54. The minimum absolute atomic E-state index is 0.0816. The van der Waals surface area contributed by atoms with E-state index in [0.29, 0.717) is 18.5 Å². The molecule has 4 heteroatoms. The molecule has 0 atom stereocenters. The monoisotopic (exact) mass is 186 g/mol. The van der Waals surface area contributed by atoms with Crippen molar-refractivity contribution in [1.82, 2.24) is 9.13 Å². The van der Waals surface area contributed by atoms with Gasteiger partial charge < -0.3 is 0 Å². The van der Waals surface area contributed by atoms with Crippen molar-refractivity contribution in [3.63, 3.8) is 0 Å². The average Bonchev–Trinajstić information content (AvgIpc) is 2.82. The van der Waals surface area contributed by atoms with Crippen molar-refractivity contribution in [2.24, 2.45) is 0 Å². The van der Waals surface area contributed by atoms with Crippen LogP contribution in [0.3, 0.4) is 0 Å². The smallest absolute Gasteiger partial charge is 0.298 e. The molecule has 1 aromatic heterocycles. The molecule has 0 bridgehead atoms. The van der Waals surface area contributed by atoms with Crippen LogP contribution in [0, 0.1) is 0 Å². The molecule has 12 heavy (non-hydrogen) atoms. The molecule has 0 unspecified atom stereocenters. The number of nitrogens with zero attached hydrogens (tertiary/aromatic N) is 2. The molecule has 0 spiro atoms. The second-order valence-corrected chi connectivity index (χ2v) is 3.48. The number of aryl methyl sites for hydroxylation is 1. The fourth-order valence-corrected chi connectivity index (χ4v) is 1.50. The third-order valence-electron chi connectivity index (χ3n) is 2.14. The van der Waals surface area contributed by atoms with Gasteiger partial charge in [0, 0.05) is 30.9 Å². The van der Waals surface area contributed by atoms with E-state index in [9.17, 15) is 4.79 Å². The first-order valence-electron chi connectivity index (χ1n) is 4.16. The zero-order valence-electron chi connectivity index (χ0n) is 6.74. The van der Waals surface area contributed by atoms with Crippen LogP contribution in [0.25, 0.3) is 0 Å². The van der Waals surface area contributed by atoms with Gasteiger partial charge in [0.25, 0.3) is 0 Å². The fourth-order valence-electron chi connectivity index (χ4n) is 1.32. The predicted molar refractivity (Wildman–Crippen MR) is 47.7 cm³/mol. The second kappa shape index (κ2) is 2.98. The standard InChI is InChI=1S/C8H11ClN2O/c9-3-4-10-5-6-11(8(10)12)7-1-2-7/h5-7H,1-4H2. The Kier molecular flexibility index (Phi) is 1.97. The van der Waals surface area contributed by atoms with Gasteiger partial charge in [-0.2, -0.15) is 0 Å². The van der Waals surface area contributed by atoms with Crippen molar-refractivity contribution in [2.45, 2.75) is 25.4 Å². The molecule has 0 aliphatic heterocycles. The summed E-state index contributed by atoms with van der Waals surface area (Å²) in [6, 6.07) is 0.467. The minimum Gasteiger partial charge on any atom is -0.298 e. The zero-order chi connectivity index (χ0) is 8.55. The molecule has 1 aromatic rings. The van der Waals surface area contributed by atoms with Crippen LogP contribution in [0.15, 0.2) is 17.2 Å². The molecule has 0 N–H and O–H groups in total. The van der Waals surface area contributed by atoms with Crippen LogP contribution in [-0.2, 0) is 6.54 Å². The molecule has 0 amide bonds. The first-order chi connectivity index (χ1) is 5.83. The second-order valence-electron chi connectivity index (χ2n) is 3.10. The van der Waals surface area contributed by atoms with E-state index >= 15 is 0 Å². The van der Waals surface area contributed by atoms with Gasteiger partial charge in [0.2, 0.25) is 0 Å². The van der Waals surface area contributed by atoms with Gasteiger partial charge in [0.1, 0.15) is 0 Å². The van der Waals surface area contributed by atoms with Crippen molar-refractivity contribution < 1.29 is 0 Å². The van der Waals surface area contributed by atoms with Crippen LogP contribution in [0.1, 0.15) is 18.9 Å². The van der Waals surface area contributed by atoms with E-state index in [1.807, 2.05) is 12.4 Å². The molecule has 2 rings (SSSR count). The fraction of sp³-hybridized carbons (Fsp3) is 0.625. The Hall–Kier alpha value is -0.700. The number of halogens is 1. The van der Waals surface area contributed by atoms with Crippen molar-refractivity contribution in [3.05, 3.63) is 22.9 Å². The maximum Gasteiger partial charge on any atom is 0.328 e. The Balaban J connectivity index is 2.27. The van der Waals surface area contributed by atoms with Crippen LogP contribution >= 0.6 is 11.6 Å². The first-order valence-corrected chi connectivity index (χ1v) is 4.69. The molecular weight excluding hydrogens is 176 g/mol. The third-order valence-corrected chi connectivity index (χ3v) is 2.31. The Labute approximate surface area is 75.6 Å². The summed E-state index contributed by atoms with van der Waals surface area (Å²) in [7, 11) is 0. The molecule has 1 aliphatic carbocycles. The normalized spacial score (nSPS) is 16.8. The summed E-state index contributed by atoms with van der Waals surface area (Å²) < 4.78 is 3.46. The molecule has 1 aliphatic rings. The highest BCUT2D eigenvalue weighted by atomic mass is 35.5. The first kappa shape index (κ1) is 7.92. The molecule has 0 saturated heterocycles. The van der Waals surface area contributed by atoms with Crippen molar-refractivity contribution in [1.29, 1.82) is 0 Å². The van der Waals surface area contributed by atoms with Crippen molar-refractivity contribution in [3.8, 4) is 0 Å². The number of imidazole rings is 1. The molecule has 1 saturated carbocycles. The lowest BCUT2D eigenvalue weighted by Gasteiger charge is -1.96. The highest BCUT2D eigenvalue weighted by molar-refractivity contribution is 6.17. The van der Waals surface area contributed by atoms with Gasteiger partial charge in [-0.15, -0.1) is 11.6 Å². The lowest BCUT2D eigenvalue weighted by atomic mass is 10.7. The summed E-state index contributed by atoms with van der Waals surface area (Å²) in [6.45, 7) is 0.611. The lowest BCUT2D eigenvalue weighted by molar-refractivity contribution is 0.647. The van der Waals surface area contributed by atoms with Crippen LogP contribution in [0.2, 0.25) is 0 Å². The summed E-state index contributed by atoms with van der Waals surface area (Å²) in [4.78, 5) is 11.5. The summed E-state index contributed by atoms with van der Waals surface area (Å²) in [5.74, 6) is 0.495. The number of hydrogen-bond acceptors (Lipinski definition) is 1. The highest BCUT2D eigenvalue weighted by Gasteiger charge is 2.25. The zero-order valence-corrected chi connectivity index (χ0v) is 7.50. The third kappa shape index (κ3) is 1.29. The molecule has 1 fully saturated rings. The van der Waals surface area contributed by atoms with Crippen LogP contribution in [0.5, 0.6) is 0 Å². The van der Waals surface area contributed by atoms with E-state index in [1.54, 1.807) is 9.13 Å². The maximum absolute atomic E-state index is 11.5. The quantitative estimate of drug-likeness (QED) is 0.653. The number of aromatic nitrogens is 2. The van der Waals surface area contributed by atoms with E-state index < -0.39 is 0 Å². The topological polar surface area (TPSA) is 26.9 Å². The number of alkyl halides is 1. The Morgan fingerprint density at radius 2 is 2.25 bits per heavy atom. The van der Waals surface area contributed by atoms with E-state index in [4.69, 9.17) is 11.6 Å². The number of hydrogen-bond donors (Lipinski definition) is 0. The van der Waals surface area contributed by atoms with Crippen LogP contribution < -0.4 is 5.69 Å². The van der Waals surface area contributed by atoms with E-state index in [2.05, 4.69) is 0 Å². The average molecular weight is 187 g/mol. The van der Waals surface area contributed by atoms with E-state index in [0.717, 1.165) is 12.8 Å². The predicted octanol–water partition coefficient (Wildman–Crippen LogP) is 1.22. The molecular formula is C8H11ClN2O. The summed E-state index contributed by atoms with van der Waals surface area (Å²) in [5.41, 5.74) is 0.0816. The molecule has 66 valence electrons. The largest absolute Gasteiger partial charge is 0.328 e. The van der Waals surface area contributed by atoms with Crippen molar-refractivity contribution >= 4 is 11.6 Å². The van der Waals surface area contributed by atoms with Crippen LogP contribution in [-0.4, -0.2) is 15.0 Å². The van der Waals surface area contributed by atoms with Crippen LogP contribution in [0.4, 0.5) is 0 Å². The lowest BCUT2D eigenvalue weighted by Crippen LogP contribution is -2.23. The molecule has 1 heterocycles. The van der Waals surface area contributed by atoms with Gasteiger partial charge >= 0.3 is 5.69 Å². The van der Waals surface area contributed by atoms with Gasteiger partial charge in [0.15, 0.2) is 0 Å². The molecule has 0 radical (unpaired) electrons. The van der Waals surface area contributed by atoms with Crippen molar-refractivity contribution in [2.75, 3.05) is 5.88 Å². The highest BCUT2D eigenvalue weighted by Crippen LogP contribution is 2.33. The van der Waals surface area contributed by atoms with Gasteiger partial charge in [0.05, 0.1) is 0 Å². The minimum atomic E-state index is 0.0816. The van der Waals surface area contributed by atoms with Gasteiger partial charge in [-0.05, 0) is 12.8 Å². The Morgan fingerprint density at radius 1 is 1.50 bits per heavy atom. The summed E-state index contributed by atoms with van der Waals surface area (Å²) in [5, 5.41) is 0.